The van der Waals surface area contributed by atoms with Gasteiger partial charge in [0.25, 0.3) is 0 Å². The van der Waals surface area contributed by atoms with E-state index in [-0.39, 0.29) is 18.1 Å². The van der Waals surface area contributed by atoms with E-state index in [4.69, 9.17) is 5.41 Å². The number of aromatic nitrogens is 1. The van der Waals surface area contributed by atoms with Crippen LogP contribution in [0.3, 0.4) is 0 Å². The lowest BCUT2D eigenvalue weighted by molar-refractivity contribution is 0.411. The molecule has 1 aliphatic rings. The molecule has 1 aliphatic heterocycles. The molecular formula is C20H15F2N3OS. The normalized spacial score (nSPS) is 14.3. The van der Waals surface area contributed by atoms with Crippen LogP contribution in [0.1, 0.15) is 9.88 Å². The van der Waals surface area contributed by atoms with Crippen LogP contribution in [0.2, 0.25) is 0 Å². The maximum absolute atomic E-state index is 13.6. The van der Waals surface area contributed by atoms with Crippen molar-refractivity contribution in [1.82, 2.24) is 4.98 Å². The molecule has 0 radical (unpaired) electrons. The highest BCUT2D eigenvalue weighted by Crippen LogP contribution is 2.36. The molecule has 0 bridgehead atoms. The van der Waals surface area contributed by atoms with Crippen molar-refractivity contribution < 1.29 is 13.9 Å². The fraction of sp³-hybridized carbons (Fsp3) is 0.100. The molecule has 4 nitrogen and oxygen atoms in total. The standard InChI is InChI=1S/C20H15F2N3OS/c1-11-18(12-5-3-2-4-6-12)24-20(27-11)17-16(26)10-25(19(17)23)13-7-8-14(21)15(22)9-13/h2-9,23,26H,10H2,1H3. The topological polar surface area (TPSA) is 60.2 Å². The maximum Gasteiger partial charge on any atom is 0.160 e. The summed E-state index contributed by atoms with van der Waals surface area (Å²) >= 11 is 1.39. The van der Waals surface area contributed by atoms with Crippen molar-refractivity contribution in [3.63, 3.8) is 0 Å². The number of nitrogens with zero attached hydrogens (tertiary/aromatic N) is 2. The summed E-state index contributed by atoms with van der Waals surface area (Å²) in [5.41, 5.74) is 2.38. The Bertz CT molecular complexity index is 1080. The summed E-state index contributed by atoms with van der Waals surface area (Å²) < 4.78 is 26.8. The zero-order chi connectivity index (χ0) is 19.1. The molecule has 2 aromatic carbocycles. The van der Waals surface area contributed by atoms with E-state index in [0.29, 0.717) is 16.3 Å². The van der Waals surface area contributed by atoms with Crippen molar-refractivity contribution in [2.24, 2.45) is 0 Å². The number of hydrogen-bond acceptors (Lipinski definition) is 4. The second-order valence-corrected chi connectivity index (χ2v) is 7.35. The number of aliphatic hydroxyl groups excluding tert-OH is 1. The molecule has 0 fully saturated rings. The van der Waals surface area contributed by atoms with Gasteiger partial charge in [-0.3, -0.25) is 5.41 Å². The van der Waals surface area contributed by atoms with Gasteiger partial charge in [0.15, 0.2) is 11.6 Å². The largest absolute Gasteiger partial charge is 0.510 e. The van der Waals surface area contributed by atoms with E-state index in [0.717, 1.165) is 28.3 Å². The second kappa shape index (κ2) is 6.59. The van der Waals surface area contributed by atoms with E-state index >= 15 is 0 Å². The Morgan fingerprint density at radius 2 is 1.85 bits per heavy atom. The lowest BCUT2D eigenvalue weighted by Crippen LogP contribution is -2.26. The van der Waals surface area contributed by atoms with E-state index in [1.807, 2.05) is 37.3 Å². The smallest absolute Gasteiger partial charge is 0.160 e. The lowest BCUT2D eigenvalue weighted by Gasteiger charge is -2.18. The number of hydrogen-bond donors (Lipinski definition) is 2. The summed E-state index contributed by atoms with van der Waals surface area (Å²) in [6, 6.07) is 13.1. The Balaban J connectivity index is 1.69. The third kappa shape index (κ3) is 3.00. The van der Waals surface area contributed by atoms with Crippen molar-refractivity contribution in [2.75, 3.05) is 11.4 Å². The highest BCUT2D eigenvalue weighted by atomic mass is 32.1. The summed E-state index contributed by atoms with van der Waals surface area (Å²) in [5, 5.41) is 19.4. The first-order chi connectivity index (χ1) is 13.0. The van der Waals surface area contributed by atoms with Crippen molar-refractivity contribution in [3.05, 3.63) is 75.8 Å². The minimum Gasteiger partial charge on any atom is -0.510 e. The van der Waals surface area contributed by atoms with Gasteiger partial charge in [0.05, 0.1) is 17.8 Å². The van der Waals surface area contributed by atoms with Crippen LogP contribution in [0.5, 0.6) is 0 Å². The minimum atomic E-state index is -0.996. The van der Waals surface area contributed by atoms with Crippen LogP contribution in [0.25, 0.3) is 16.8 Å². The molecule has 3 aromatic rings. The number of aliphatic hydroxyl groups is 1. The Morgan fingerprint density at radius 1 is 1.11 bits per heavy atom. The number of nitrogens with one attached hydrogen (secondary N) is 1. The molecule has 0 amide bonds. The van der Waals surface area contributed by atoms with E-state index in [2.05, 4.69) is 4.98 Å². The summed E-state index contributed by atoms with van der Waals surface area (Å²) in [5.74, 6) is -1.96. The average molecular weight is 383 g/mol. The van der Waals surface area contributed by atoms with Crippen molar-refractivity contribution in [1.29, 1.82) is 5.41 Å². The van der Waals surface area contributed by atoms with Crippen molar-refractivity contribution >= 4 is 28.4 Å². The zero-order valence-corrected chi connectivity index (χ0v) is 15.1. The Morgan fingerprint density at radius 3 is 2.56 bits per heavy atom. The fourth-order valence-electron chi connectivity index (χ4n) is 3.04. The van der Waals surface area contributed by atoms with Gasteiger partial charge >= 0.3 is 0 Å². The first-order valence-electron chi connectivity index (χ1n) is 8.22. The molecule has 0 aliphatic carbocycles. The van der Waals surface area contributed by atoms with Crippen LogP contribution in [0, 0.1) is 24.0 Å². The number of anilines is 1. The van der Waals surface area contributed by atoms with Gasteiger partial charge in [0.1, 0.15) is 16.6 Å². The number of halogens is 2. The van der Waals surface area contributed by atoms with Gasteiger partial charge in [-0.25, -0.2) is 13.8 Å². The van der Waals surface area contributed by atoms with Gasteiger partial charge in [-0.15, -0.1) is 11.3 Å². The molecule has 2 heterocycles. The van der Waals surface area contributed by atoms with E-state index in [1.54, 1.807) is 0 Å². The third-order valence-electron chi connectivity index (χ3n) is 4.38. The highest BCUT2D eigenvalue weighted by Gasteiger charge is 2.32. The number of aryl methyl sites for hydroxylation is 1. The van der Waals surface area contributed by atoms with Crippen molar-refractivity contribution in [2.45, 2.75) is 6.92 Å². The SMILES string of the molecule is Cc1sc(C2=C(O)CN(c3ccc(F)c(F)c3)C2=N)nc1-c1ccccc1. The first kappa shape index (κ1) is 17.4. The van der Waals surface area contributed by atoms with Crippen molar-refractivity contribution in [3.8, 4) is 11.3 Å². The second-order valence-electron chi connectivity index (χ2n) is 6.14. The van der Waals surface area contributed by atoms with Crippen LogP contribution < -0.4 is 4.90 Å². The first-order valence-corrected chi connectivity index (χ1v) is 9.04. The zero-order valence-electron chi connectivity index (χ0n) is 14.3. The molecule has 0 atom stereocenters. The molecule has 7 heteroatoms. The number of amidine groups is 1. The highest BCUT2D eigenvalue weighted by molar-refractivity contribution is 7.13. The molecule has 0 unspecified atom stereocenters. The van der Waals surface area contributed by atoms with Gasteiger partial charge in [-0.2, -0.15) is 0 Å². The van der Waals surface area contributed by atoms with E-state index in [9.17, 15) is 13.9 Å². The van der Waals surface area contributed by atoms with Crippen LogP contribution in [-0.4, -0.2) is 22.5 Å². The molecule has 4 rings (SSSR count). The van der Waals surface area contributed by atoms with Gasteiger partial charge in [0.2, 0.25) is 0 Å². The number of benzene rings is 2. The van der Waals surface area contributed by atoms with E-state index < -0.39 is 11.6 Å². The summed E-state index contributed by atoms with van der Waals surface area (Å²) in [7, 11) is 0. The Kier molecular flexibility index (Phi) is 4.24. The van der Waals surface area contributed by atoms with E-state index in [1.165, 1.54) is 22.3 Å². The van der Waals surface area contributed by atoms with Crippen LogP contribution in [-0.2, 0) is 0 Å². The Labute approximate surface area is 158 Å². The molecule has 0 saturated carbocycles. The van der Waals surface area contributed by atoms with Crippen LogP contribution >= 0.6 is 11.3 Å². The van der Waals surface area contributed by atoms with Crippen LogP contribution in [0.15, 0.2) is 54.3 Å². The molecule has 136 valence electrons. The quantitative estimate of drug-likeness (QED) is 0.656. The Hall–Kier alpha value is -3.06. The van der Waals surface area contributed by atoms with Gasteiger partial charge in [-0.05, 0) is 19.1 Å². The van der Waals surface area contributed by atoms with Gasteiger partial charge in [-0.1, -0.05) is 30.3 Å². The maximum atomic E-state index is 13.6. The minimum absolute atomic E-state index is 0.00636. The molecule has 1 aromatic heterocycles. The third-order valence-corrected chi connectivity index (χ3v) is 5.36. The van der Waals surface area contributed by atoms with Gasteiger partial charge in [0, 0.05) is 22.2 Å². The van der Waals surface area contributed by atoms with Crippen LogP contribution in [0.4, 0.5) is 14.5 Å². The summed E-state index contributed by atoms with van der Waals surface area (Å²) in [4.78, 5) is 7.01. The predicted octanol–water partition coefficient (Wildman–Crippen LogP) is 5.16. The molecule has 0 spiro atoms. The monoisotopic (exact) mass is 383 g/mol. The fourth-order valence-corrected chi connectivity index (χ4v) is 4.05. The molecule has 27 heavy (non-hydrogen) atoms. The van der Waals surface area contributed by atoms with Gasteiger partial charge < -0.3 is 10.0 Å². The number of rotatable bonds is 3. The molecule has 0 saturated heterocycles. The number of thiazole rings is 1. The summed E-state index contributed by atoms with van der Waals surface area (Å²) in [6.45, 7) is 1.95. The lowest BCUT2D eigenvalue weighted by atomic mass is 10.1. The summed E-state index contributed by atoms with van der Waals surface area (Å²) in [6.07, 6.45) is 0. The average Bonchev–Trinajstić information content (AvgIpc) is 3.17. The predicted molar refractivity (Wildman–Crippen MR) is 103 cm³/mol. The molecule has 2 N–H and O–H groups in total. The molecular weight excluding hydrogens is 368 g/mol.